The van der Waals surface area contributed by atoms with Gasteiger partial charge in [-0.2, -0.15) is 5.10 Å². The molecule has 0 radical (unpaired) electrons. The Labute approximate surface area is 185 Å². The molecule has 0 saturated carbocycles. The topological polar surface area (TPSA) is 130 Å². The van der Waals surface area contributed by atoms with Crippen molar-refractivity contribution in [3.05, 3.63) is 47.0 Å². The third-order valence-corrected chi connectivity index (χ3v) is 6.89. The minimum Gasteiger partial charge on any atom is -0.373 e. The second-order valence-electron chi connectivity index (χ2n) is 9.46. The summed E-state index contributed by atoms with van der Waals surface area (Å²) in [4.78, 5) is 35.2. The molecule has 9 nitrogen and oxygen atoms in total. The van der Waals surface area contributed by atoms with Crippen LogP contribution in [-0.4, -0.2) is 54.5 Å². The van der Waals surface area contributed by atoms with E-state index in [1.807, 2.05) is 29.6 Å². The largest absolute Gasteiger partial charge is 0.373 e. The number of aromatic amines is 1. The van der Waals surface area contributed by atoms with Crippen LogP contribution in [0.15, 0.2) is 24.5 Å². The summed E-state index contributed by atoms with van der Waals surface area (Å²) in [6.07, 6.45) is 5.21. The molecular weight excluding hydrogens is 408 g/mol. The Hall–Kier alpha value is -3.04. The van der Waals surface area contributed by atoms with Crippen molar-refractivity contribution >= 4 is 22.7 Å². The number of aliphatic hydroxyl groups is 1. The molecule has 1 aliphatic heterocycles. The third kappa shape index (κ3) is 3.41. The number of piperidine rings is 1. The lowest BCUT2D eigenvalue weighted by Crippen LogP contribution is -2.46. The molecule has 1 saturated heterocycles. The predicted molar refractivity (Wildman–Crippen MR) is 118 cm³/mol. The first-order valence-corrected chi connectivity index (χ1v) is 11.1. The number of carbonyl (C=O) groups is 2. The average molecular weight is 437 g/mol. The van der Waals surface area contributed by atoms with Gasteiger partial charge in [-0.15, -0.1) is 0 Å². The first-order chi connectivity index (χ1) is 15.3. The van der Waals surface area contributed by atoms with Crippen LogP contribution < -0.4 is 5.73 Å². The number of ketones is 1. The molecule has 3 aromatic heterocycles. The monoisotopic (exact) mass is 436 g/mol. The molecule has 0 bridgehead atoms. The summed E-state index contributed by atoms with van der Waals surface area (Å²) in [5.41, 5.74) is 8.75. The summed E-state index contributed by atoms with van der Waals surface area (Å²) >= 11 is 0. The van der Waals surface area contributed by atoms with Gasteiger partial charge in [-0.3, -0.25) is 14.3 Å². The Morgan fingerprint density at radius 1 is 1.22 bits per heavy atom. The van der Waals surface area contributed by atoms with Gasteiger partial charge in [-0.25, -0.2) is 4.98 Å². The number of aliphatic hydroxyl groups excluding tert-OH is 1. The van der Waals surface area contributed by atoms with Gasteiger partial charge in [0.05, 0.1) is 17.5 Å². The van der Waals surface area contributed by atoms with Crippen molar-refractivity contribution in [3.63, 3.8) is 0 Å². The summed E-state index contributed by atoms with van der Waals surface area (Å²) in [6, 6.07) is 3.64. The minimum absolute atomic E-state index is 0.0688. The van der Waals surface area contributed by atoms with Crippen molar-refractivity contribution in [1.29, 1.82) is 0 Å². The number of pyridine rings is 1. The molecule has 2 aliphatic rings. The molecule has 32 heavy (non-hydrogen) atoms. The molecule has 1 unspecified atom stereocenters. The lowest BCUT2D eigenvalue weighted by atomic mass is 9.67. The number of rotatable bonds is 3. The van der Waals surface area contributed by atoms with Crippen LogP contribution in [0, 0.1) is 5.41 Å². The Morgan fingerprint density at radius 2 is 1.97 bits per heavy atom. The molecule has 1 spiro atoms. The molecule has 168 valence electrons. The SMILES string of the molecule is CC(C)n1ncc2c1C(=O)CC1(CCN(C(=O)c3cnc4[nH]c(C(N)O)cc4c3)CC1)C2. The first-order valence-electron chi connectivity index (χ1n) is 11.1. The average Bonchev–Trinajstić information content (AvgIpc) is 3.37. The highest BCUT2D eigenvalue weighted by Crippen LogP contribution is 2.44. The number of nitrogens with two attached hydrogens (primary N) is 1. The molecule has 9 heteroatoms. The van der Waals surface area contributed by atoms with Gasteiger partial charge in [0.1, 0.15) is 17.6 Å². The summed E-state index contributed by atoms with van der Waals surface area (Å²) in [7, 11) is 0. The van der Waals surface area contributed by atoms with E-state index in [0.29, 0.717) is 36.4 Å². The highest BCUT2D eigenvalue weighted by Gasteiger charge is 2.43. The number of hydrogen-bond donors (Lipinski definition) is 3. The fraction of sp³-hybridized carbons (Fsp3) is 0.478. The van der Waals surface area contributed by atoms with Crippen molar-refractivity contribution < 1.29 is 14.7 Å². The zero-order chi connectivity index (χ0) is 22.6. The van der Waals surface area contributed by atoms with Crippen molar-refractivity contribution in [1.82, 2.24) is 24.6 Å². The van der Waals surface area contributed by atoms with Gasteiger partial charge in [0.15, 0.2) is 5.78 Å². The number of likely N-dealkylation sites (tertiary alicyclic amines) is 1. The molecule has 0 aromatic carbocycles. The normalized spacial score (nSPS) is 19.0. The van der Waals surface area contributed by atoms with Crippen LogP contribution in [-0.2, 0) is 6.42 Å². The van der Waals surface area contributed by atoms with E-state index in [9.17, 15) is 14.7 Å². The number of fused-ring (bicyclic) bond motifs is 2. The minimum atomic E-state index is -1.12. The Kier molecular flexibility index (Phi) is 4.90. The van der Waals surface area contributed by atoms with Crippen molar-refractivity contribution in [2.75, 3.05) is 13.1 Å². The highest BCUT2D eigenvalue weighted by molar-refractivity contribution is 5.98. The smallest absolute Gasteiger partial charge is 0.255 e. The standard InChI is InChI=1S/C23H28N6O3/c1-13(2)29-19-16(12-26-29)9-23(10-18(19)30)3-5-28(6-4-23)22(32)15-7-14-8-17(20(24)31)27-21(14)25-11-15/h7-8,11-13,20,31H,3-6,9-10,24H2,1-2H3,(H,25,27). The maximum absolute atomic E-state index is 13.1. The van der Waals surface area contributed by atoms with Gasteiger partial charge in [-0.05, 0) is 50.7 Å². The van der Waals surface area contributed by atoms with Crippen LogP contribution in [0.25, 0.3) is 11.0 Å². The van der Waals surface area contributed by atoms with Gasteiger partial charge in [0.25, 0.3) is 5.91 Å². The number of aromatic nitrogens is 4. The van der Waals surface area contributed by atoms with E-state index < -0.39 is 6.23 Å². The number of nitrogens with zero attached hydrogens (tertiary/aromatic N) is 4. The van der Waals surface area contributed by atoms with E-state index in [2.05, 4.69) is 15.1 Å². The molecule has 4 N–H and O–H groups in total. The molecular formula is C23H28N6O3. The van der Waals surface area contributed by atoms with E-state index >= 15 is 0 Å². The zero-order valence-electron chi connectivity index (χ0n) is 18.3. The Bertz CT molecular complexity index is 1200. The van der Waals surface area contributed by atoms with Crippen LogP contribution in [0.3, 0.4) is 0 Å². The quantitative estimate of drug-likeness (QED) is 0.540. The molecule has 1 amide bonds. The van der Waals surface area contributed by atoms with Crippen LogP contribution in [0.1, 0.15) is 77.5 Å². The molecule has 1 atom stereocenters. The maximum Gasteiger partial charge on any atom is 0.255 e. The number of amides is 1. The van der Waals surface area contributed by atoms with Crippen molar-refractivity contribution in [2.45, 2.75) is 51.8 Å². The van der Waals surface area contributed by atoms with Crippen LogP contribution >= 0.6 is 0 Å². The fourth-order valence-corrected chi connectivity index (χ4v) is 5.15. The molecule has 1 aliphatic carbocycles. The molecule has 3 aromatic rings. The lowest BCUT2D eigenvalue weighted by molar-refractivity contribution is 0.0517. The summed E-state index contributed by atoms with van der Waals surface area (Å²) < 4.78 is 1.84. The number of carbonyl (C=O) groups excluding carboxylic acids is 2. The van der Waals surface area contributed by atoms with E-state index in [4.69, 9.17) is 5.73 Å². The number of hydrogen-bond acceptors (Lipinski definition) is 6. The van der Waals surface area contributed by atoms with Crippen molar-refractivity contribution in [2.24, 2.45) is 11.1 Å². The van der Waals surface area contributed by atoms with Crippen LogP contribution in [0.5, 0.6) is 0 Å². The zero-order valence-corrected chi connectivity index (χ0v) is 18.3. The summed E-state index contributed by atoms with van der Waals surface area (Å²) in [5.74, 6) is 0.0954. The molecule has 1 fully saturated rings. The van der Waals surface area contributed by atoms with E-state index in [1.165, 1.54) is 0 Å². The summed E-state index contributed by atoms with van der Waals surface area (Å²) in [6.45, 7) is 5.29. The Balaban J connectivity index is 1.31. The van der Waals surface area contributed by atoms with E-state index in [0.717, 1.165) is 35.9 Å². The third-order valence-electron chi connectivity index (χ3n) is 6.89. The van der Waals surface area contributed by atoms with Gasteiger partial charge >= 0.3 is 0 Å². The van der Waals surface area contributed by atoms with Gasteiger partial charge in [-0.1, -0.05) is 0 Å². The second kappa shape index (κ2) is 7.53. The highest BCUT2D eigenvalue weighted by atomic mass is 16.3. The molecule has 5 rings (SSSR count). The molecule has 4 heterocycles. The van der Waals surface area contributed by atoms with E-state index in [1.54, 1.807) is 18.3 Å². The van der Waals surface area contributed by atoms with Crippen LogP contribution in [0.2, 0.25) is 0 Å². The second-order valence-corrected chi connectivity index (χ2v) is 9.46. The van der Waals surface area contributed by atoms with Gasteiger partial charge in [0, 0.05) is 42.7 Å². The number of Topliss-reactive ketones (excluding diaryl/α,β-unsaturated/α-hetero) is 1. The Morgan fingerprint density at radius 3 is 2.66 bits per heavy atom. The predicted octanol–water partition coefficient (Wildman–Crippen LogP) is 2.34. The first kappa shape index (κ1) is 20.8. The fourth-order valence-electron chi connectivity index (χ4n) is 5.15. The van der Waals surface area contributed by atoms with Crippen molar-refractivity contribution in [3.8, 4) is 0 Å². The number of H-pyrrole nitrogens is 1. The number of nitrogens with one attached hydrogen (secondary N) is 1. The summed E-state index contributed by atoms with van der Waals surface area (Å²) in [5, 5.41) is 14.7. The van der Waals surface area contributed by atoms with Crippen LogP contribution in [0.4, 0.5) is 0 Å². The lowest BCUT2D eigenvalue weighted by Gasteiger charge is -2.43. The maximum atomic E-state index is 13.1. The van der Waals surface area contributed by atoms with E-state index in [-0.39, 0.29) is 23.1 Å². The van der Waals surface area contributed by atoms with Gasteiger partial charge < -0.3 is 20.7 Å². The van der Waals surface area contributed by atoms with Gasteiger partial charge in [0.2, 0.25) is 0 Å².